The van der Waals surface area contributed by atoms with Crippen LogP contribution in [0.25, 0.3) is 0 Å². The number of aliphatic hydroxyl groups excluding tert-OH is 1. The third-order valence-corrected chi connectivity index (χ3v) is 2.72. The number of rotatable bonds is 5. The van der Waals surface area contributed by atoms with Crippen LogP contribution in [0.3, 0.4) is 0 Å². The van der Waals surface area contributed by atoms with Gasteiger partial charge in [-0.3, -0.25) is 4.68 Å². The van der Waals surface area contributed by atoms with Crippen molar-refractivity contribution in [1.29, 1.82) is 0 Å². The molecule has 0 atom stereocenters. The molecular weight excluding hydrogens is 252 g/mol. The van der Waals surface area contributed by atoms with Crippen molar-refractivity contribution >= 4 is 0 Å². The van der Waals surface area contributed by atoms with E-state index in [1.165, 1.54) is 0 Å². The number of nitrogens with zero attached hydrogens (tertiary/aromatic N) is 2. The maximum Gasteiger partial charge on any atom is 0.120 e. The second kappa shape index (κ2) is 7.37. The van der Waals surface area contributed by atoms with Gasteiger partial charge in [-0.25, -0.2) is 0 Å². The first-order chi connectivity index (χ1) is 9.78. The molecule has 0 spiro atoms. The molecule has 4 nitrogen and oxygen atoms in total. The molecule has 0 aliphatic rings. The van der Waals surface area contributed by atoms with Gasteiger partial charge in [0.05, 0.1) is 19.4 Å². The van der Waals surface area contributed by atoms with Crippen molar-refractivity contribution in [3.63, 3.8) is 0 Å². The molecular formula is C16H18N2O2. The summed E-state index contributed by atoms with van der Waals surface area (Å²) in [7, 11) is 1.90. The number of hydrogen-bond acceptors (Lipinski definition) is 3. The van der Waals surface area contributed by atoms with E-state index in [0.29, 0.717) is 13.0 Å². The van der Waals surface area contributed by atoms with Gasteiger partial charge in [-0.1, -0.05) is 17.9 Å². The van der Waals surface area contributed by atoms with Crippen LogP contribution in [0.1, 0.15) is 17.5 Å². The zero-order valence-electron chi connectivity index (χ0n) is 11.5. The Labute approximate surface area is 119 Å². The number of aliphatic hydroxyl groups is 1. The summed E-state index contributed by atoms with van der Waals surface area (Å²) in [4.78, 5) is 0. The van der Waals surface area contributed by atoms with Crippen LogP contribution in [-0.2, 0) is 13.5 Å². The first kappa shape index (κ1) is 14.2. The van der Waals surface area contributed by atoms with Gasteiger partial charge in [0, 0.05) is 31.6 Å². The van der Waals surface area contributed by atoms with Crippen molar-refractivity contribution in [1.82, 2.24) is 9.78 Å². The second-order valence-electron chi connectivity index (χ2n) is 4.42. The summed E-state index contributed by atoms with van der Waals surface area (Å²) in [5.41, 5.74) is 2.06. The molecule has 0 unspecified atom stereocenters. The molecule has 0 saturated heterocycles. The zero-order valence-corrected chi connectivity index (χ0v) is 11.5. The highest BCUT2D eigenvalue weighted by atomic mass is 16.5. The van der Waals surface area contributed by atoms with Crippen LogP contribution >= 0.6 is 0 Å². The largest absolute Gasteiger partial charge is 0.493 e. The standard InChI is InChI=1S/C16H18N2O2/c1-18-13-15(12-17-18)8-10-20-16-7-4-6-14(11-16)5-2-3-9-19/h4,6-7,11-13,19H,3,8-10H2,1H3. The van der Waals surface area contributed by atoms with E-state index < -0.39 is 0 Å². The normalized spacial score (nSPS) is 9.90. The third-order valence-electron chi connectivity index (χ3n) is 2.72. The minimum absolute atomic E-state index is 0.0916. The Balaban J connectivity index is 1.87. The Bertz CT molecular complexity index is 608. The van der Waals surface area contributed by atoms with Crippen LogP contribution in [0.2, 0.25) is 0 Å². The van der Waals surface area contributed by atoms with Gasteiger partial charge in [0.2, 0.25) is 0 Å². The maximum absolute atomic E-state index is 8.69. The maximum atomic E-state index is 8.69. The van der Waals surface area contributed by atoms with Crippen LogP contribution in [0.5, 0.6) is 5.75 Å². The molecule has 0 fully saturated rings. The van der Waals surface area contributed by atoms with Gasteiger partial charge in [0.25, 0.3) is 0 Å². The lowest BCUT2D eigenvalue weighted by molar-refractivity contribution is 0.305. The molecule has 0 saturated carbocycles. The smallest absolute Gasteiger partial charge is 0.120 e. The number of aryl methyl sites for hydroxylation is 1. The van der Waals surface area contributed by atoms with E-state index in [2.05, 4.69) is 16.9 Å². The van der Waals surface area contributed by atoms with Gasteiger partial charge in [-0.15, -0.1) is 0 Å². The highest BCUT2D eigenvalue weighted by molar-refractivity contribution is 5.39. The lowest BCUT2D eigenvalue weighted by Gasteiger charge is -2.05. The number of benzene rings is 1. The Hall–Kier alpha value is -2.25. The van der Waals surface area contributed by atoms with Crippen LogP contribution in [-0.4, -0.2) is 28.1 Å². The topological polar surface area (TPSA) is 47.3 Å². The van der Waals surface area contributed by atoms with Crippen molar-refractivity contribution in [2.75, 3.05) is 13.2 Å². The van der Waals surface area contributed by atoms with E-state index in [1.54, 1.807) is 4.68 Å². The highest BCUT2D eigenvalue weighted by Crippen LogP contribution is 2.13. The van der Waals surface area contributed by atoms with Crippen LogP contribution < -0.4 is 4.74 Å². The first-order valence-electron chi connectivity index (χ1n) is 6.58. The van der Waals surface area contributed by atoms with Crippen molar-refractivity contribution in [3.8, 4) is 17.6 Å². The predicted molar refractivity (Wildman–Crippen MR) is 77.4 cm³/mol. The van der Waals surface area contributed by atoms with Crippen molar-refractivity contribution in [3.05, 3.63) is 47.8 Å². The van der Waals surface area contributed by atoms with E-state index in [0.717, 1.165) is 23.3 Å². The molecule has 4 heteroatoms. The molecule has 0 radical (unpaired) electrons. The average Bonchev–Trinajstić information content (AvgIpc) is 2.85. The third kappa shape index (κ3) is 4.45. The van der Waals surface area contributed by atoms with Gasteiger partial charge in [0.15, 0.2) is 0 Å². The molecule has 0 amide bonds. The summed E-state index contributed by atoms with van der Waals surface area (Å²) in [6.07, 6.45) is 5.15. The predicted octanol–water partition coefficient (Wildman–Crippen LogP) is 1.78. The van der Waals surface area contributed by atoms with E-state index in [9.17, 15) is 0 Å². The molecule has 20 heavy (non-hydrogen) atoms. The lowest BCUT2D eigenvalue weighted by atomic mass is 10.2. The Morgan fingerprint density at radius 2 is 2.30 bits per heavy atom. The van der Waals surface area contributed by atoms with Crippen molar-refractivity contribution in [2.45, 2.75) is 12.8 Å². The van der Waals surface area contributed by atoms with Crippen LogP contribution in [0.4, 0.5) is 0 Å². The second-order valence-corrected chi connectivity index (χ2v) is 4.42. The van der Waals surface area contributed by atoms with E-state index in [1.807, 2.05) is 43.7 Å². The first-order valence-corrected chi connectivity index (χ1v) is 6.58. The fourth-order valence-electron chi connectivity index (χ4n) is 1.77. The lowest BCUT2D eigenvalue weighted by Crippen LogP contribution is -2.00. The Morgan fingerprint density at radius 1 is 1.40 bits per heavy atom. The van der Waals surface area contributed by atoms with Crippen molar-refractivity contribution < 1.29 is 9.84 Å². The molecule has 1 aromatic carbocycles. The SMILES string of the molecule is Cn1cc(CCOc2cccc(C#CCCO)c2)cn1. The fourth-order valence-corrected chi connectivity index (χ4v) is 1.77. The summed E-state index contributed by atoms with van der Waals surface area (Å²) in [5.74, 6) is 6.70. The molecule has 1 aromatic heterocycles. The molecule has 0 aliphatic carbocycles. The summed E-state index contributed by atoms with van der Waals surface area (Å²) < 4.78 is 7.50. The van der Waals surface area contributed by atoms with Gasteiger partial charge in [-0.2, -0.15) is 5.10 Å². The molecule has 2 rings (SSSR count). The molecule has 1 heterocycles. The van der Waals surface area contributed by atoms with Gasteiger partial charge in [0.1, 0.15) is 5.75 Å². The summed E-state index contributed by atoms with van der Waals surface area (Å²) >= 11 is 0. The number of aromatic nitrogens is 2. The molecule has 104 valence electrons. The summed E-state index contributed by atoms with van der Waals surface area (Å²) in [5, 5.41) is 12.8. The van der Waals surface area contributed by atoms with Gasteiger partial charge < -0.3 is 9.84 Å². The summed E-state index contributed by atoms with van der Waals surface area (Å²) in [6.45, 7) is 0.702. The highest BCUT2D eigenvalue weighted by Gasteiger charge is 1.98. The van der Waals surface area contributed by atoms with Gasteiger partial charge in [-0.05, 0) is 23.8 Å². The minimum Gasteiger partial charge on any atom is -0.493 e. The number of hydrogen-bond donors (Lipinski definition) is 1. The fraction of sp³-hybridized carbons (Fsp3) is 0.312. The van der Waals surface area contributed by atoms with Crippen LogP contribution in [0, 0.1) is 11.8 Å². The zero-order chi connectivity index (χ0) is 14.2. The molecule has 1 N–H and O–H groups in total. The van der Waals surface area contributed by atoms with E-state index in [4.69, 9.17) is 9.84 Å². The average molecular weight is 270 g/mol. The van der Waals surface area contributed by atoms with Gasteiger partial charge >= 0.3 is 0 Å². The molecule has 2 aromatic rings. The Morgan fingerprint density at radius 3 is 3.05 bits per heavy atom. The van der Waals surface area contributed by atoms with E-state index in [-0.39, 0.29) is 6.61 Å². The minimum atomic E-state index is 0.0916. The van der Waals surface area contributed by atoms with Crippen molar-refractivity contribution in [2.24, 2.45) is 7.05 Å². The van der Waals surface area contributed by atoms with E-state index >= 15 is 0 Å². The quantitative estimate of drug-likeness (QED) is 0.842. The molecule has 0 aliphatic heterocycles. The number of ether oxygens (including phenoxy) is 1. The summed E-state index contributed by atoms with van der Waals surface area (Å²) in [6, 6.07) is 7.68. The Kier molecular flexibility index (Phi) is 5.22. The van der Waals surface area contributed by atoms with Crippen LogP contribution in [0.15, 0.2) is 36.7 Å². The molecule has 0 bridgehead atoms. The monoisotopic (exact) mass is 270 g/mol.